The van der Waals surface area contributed by atoms with Gasteiger partial charge in [-0.1, -0.05) is 58.4 Å². The Morgan fingerprint density at radius 3 is 2.43 bits per heavy atom. The van der Waals surface area contributed by atoms with Crippen LogP contribution in [0.4, 0.5) is 0 Å². The predicted octanol–water partition coefficient (Wildman–Crippen LogP) is 4.90. The number of nitrogens with two attached hydrogens (primary N) is 1. The van der Waals surface area contributed by atoms with Crippen LogP contribution in [0.2, 0.25) is 5.02 Å². The van der Waals surface area contributed by atoms with Gasteiger partial charge in [-0.2, -0.15) is 0 Å². The van der Waals surface area contributed by atoms with E-state index in [1.807, 2.05) is 6.07 Å². The van der Waals surface area contributed by atoms with E-state index in [2.05, 4.69) is 46.8 Å². The Labute approximate surface area is 146 Å². The van der Waals surface area contributed by atoms with Gasteiger partial charge in [-0.05, 0) is 53.7 Å². The van der Waals surface area contributed by atoms with Crippen molar-refractivity contribution in [2.24, 2.45) is 22.5 Å². The third-order valence-corrected chi connectivity index (χ3v) is 6.02. The molecule has 130 valence electrons. The summed E-state index contributed by atoms with van der Waals surface area (Å²) in [5.74, 6) is 0.0616. The summed E-state index contributed by atoms with van der Waals surface area (Å²) in [7, 11) is 0. The van der Waals surface area contributed by atoms with Crippen molar-refractivity contribution in [3.05, 3.63) is 34.3 Å². The predicted molar refractivity (Wildman–Crippen MR) is 98.7 cm³/mol. The van der Waals surface area contributed by atoms with Gasteiger partial charge in [0.25, 0.3) is 0 Å². The zero-order valence-electron chi connectivity index (χ0n) is 15.2. The third-order valence-electron chi connectivity index (χ3n) is 5.67. The molecule has 1 saturated carbocycles. The average molecular weight is 338 g/mol. The number of hydrogen-bond donors (Lipinski definition) is 2. The number of benzene rings is 1. The van der Waals surface area contributed by atoms with Crippen molar-refractivity contribution in [2.75, 3.05) is 6.61 Å². The number of aliphatic hydroxyl groups excluding tert-OH is 1. The van der Waals surface area contributed by atoms with Gasteiger partial charge < -0.3 is 10.8 Å². The van der Waals surface area contributed by atoms with E-state index < -0.39 is 5.54 Å². The van der Waals surface area contributed by atoms with Crippen LogP contribution in [-0.4, -0.2) is 11.7 Å². The summed E-state index contributed by atoms with van der Waals surface area (Å²) >= 11 is 6.54. The van der Waals surface area contributed by atoms with Gasteiger partial charge in [0.1, 0.15) is 0 Å². The SMILES string of the molecule is CC(C)(C)CCc1ccc(C2(N)CCC(C)(C)C2CO)cc1Cl. The van der Waals surface area contributed by atoms with Crippen LogP contribution < -0.4 is 5.73 Å². The molecule has 0 aliphatic heterocycles. The van der Waals surface area contributed by atoms with Crippen molar-refractivity contribution in [3.63, 3.8) is 0 Å². The number of rotatable bonds is 4. The minimum absolute atomic E-state index is 0.0564. The Bertz CT molecular complexity index is 561. The van der Waals surface area contributed by atoms with Gasteiger partial charge in [0, 0.05) is 23.1 Å². The maximum atomic E-state index is 9.88. The molecule has 2 unspecified atom stereocenters. The molecule has 1 aromatic rings. The van der Waals surface area contributed by atoms with Crippen molar-refractivity contribution in [3.8, 4) is 0 Å². The first kappa shape index (κ1) is 18.8. The molecule has 0 spiro atoms. The van der Waals surface area contributed by atoms with Crippen LogP contribution in [0.3, 0.4) is 0 Å². The second-order valence-corrected chi connectivity index (χ2v) is 9.54. The molecular weight excluding hydrogens is 306 g/mol. The summed E-state index contributed by atoms with van der Waals surface area (Å²) in [6.07, 6.45) is 4.00. The van der Waals surface area contributed by atoms with Gasteiger partial charge >= 0.3 is 0 Å². The summed E-state index contributed by atoms with van der Waals surface area (Å²) in [6, 6.07) is 6.27. The van der Waals surface area contributed by atoms with E-state index in [1.165, 1.54) is 5.56 Å². The van der Waals surface area contributed by atoms with Gasteiger partial charge in [-0.25, -0.2) is 0 Å². The molecular formula is C20H32ClNO. The standard InChI is InChI=1S/C20H32ClNO/c1-18(2,3)9-8-14-6-7-15(12-16(14)21)20(22)11-10-19(4,5)17(20)13-23/h6-7,12,17,23H,8-11,13,22H2,1-5H3. The summed E-state index contributed by atoms with van der Waals surface area (Å²) in [6.45, 7) is 11.3. The fourth-order valence-corrected chi connectivity index (χ4v) is 4.15. The van der Waals surface area contributed by atoms with E-state index in [0.29, 0.717) is 5.41 Å². The highest BCUT2D eigenvalue weighted by atomic mass is 35.5. The molecule has 0 aromatic heterocycles. The molecule has 3 N–H and O–H groups in total. The Morgan fingerprint density at radius 1 is 1.26 bits per heavy atom. The number of aryl methyl sites for hydroxylation is 1. The lowest BCUT2D eigenvalue weighted by molar-refractivity contribution is 0.0994. The maximum absolute atomic E-state index is 9.88. The molecule has 1 fully saturated rings. The van der Waals surface area contributed by atoms with Crippen LogP contribution in [-0.2, 0) is 12.0 Å². The van der Waals surface area contributed by atoms with Crippen molar-refractivity contribution in [1.29, 1.82) is 0 Å². The minimum atomic E-state index is -0.482. The van der Waals surface area contributed by atoms with E-state index in [4.69, 9.17) is 17.3 Å². The first-order valence-electron chi connectivity index (χ1n) is 8.68. The topological polar surface area (TPSA) is 46.2 Å². The van der Waals surface area contributed by atoms with E-state index in [-0.39, 0.29) is 17.9 Å². The molecule has 1 aromatic carbocycles. The monoisotopic (exact) mass is 337 g/mol. The first-order chi connectivity index (χ1) is 10.5. The fourth-order valence-electron chi connectivity index (χ4n) is 3.88. The van der Waals surface area contributed by atoms with Crippen molar-refractivity contribution < 1.29 is 5.11 Å². The molecule has 2 atom stereocenters. The van der Waals surface area contributed by atoms with Gasteiger partial charge in [0.05, 0.1) is 0 Å². The number of halogens is 1. The van der Waals surface area contributed by atoms with E-state index in [9.17, 15) is 5.11 Å². The minimum Gasteiger partial charge on any atom is -0.396 e. The summed E-state index contributed by atoms with van der Waals surface area (Å²) in [5.41, 5.74) is 8.88. The maximum Gasteiger partial charge on any atom is 0.0485 e. The highest BCUT2D eigenvalue weighted by Crippen LogP contribution is 2.52. The molecule has 3 heteroatoms. The second-order valence-electron chi connectivity index (χ2n) is 9.13. The highest BCUT2D eigenvalue weighted by Gasteiger charge is 2.50. The molecule has 0 heterocycles. The molecule has 0 bridgehead atoms. The normalized spacial score (nSPS) is 27.4. The lowest BCUT2D eigenvalue weighted by Gasteiger charge is -2.37. The molecule has 0 radical (unpaired) electrons. The summed E-state index contributed by atoms with van der Waals surface area (Å²) in [4.78, 5) is 0. The van der Waals surface area contributed by atoms with Crippen molar-refractivity contribution in [1.82, 2.24) is 0 Å². The Hall–Kier alpha value is -0.570. The van der Waals surface area contributed by atoms with Gasteiger partial charge in [0.15, 0.2) is 0 Å². The van der Waals surface area contributed by atoms with Crippen LogP contribution >= 0.6 is 11.6 Å². The number of hydrogen-bond acceptors (Lipinski definition) is 2. The Kier molecular flexibility index (Phi) is 5.21. The molecule has 1 aliphatic carbocycles. The zero-order chi connectivity index (χ0) is 17.5. The smallest absolute Gasteiger partial charge is 0.0485 e. The molecule has 2 rings (SSSR count). The Morgan fingerprint density at radius 2 is 1.91 bits per heavy atom. The average Bonchev–Trinajstić information content (AvgIpc) is 2.67. The van der Waals surface area contributed by atoms with E-state index >= 15 is 0 Å². The quantitative estimate of drug-likeness (QED) is 0.820. The van der Waals surface area contributed by atoms with Gasteiger partial charge in [-0.15, -0.1) is 0 Å². The van der Waals surface area contributed by atoms with Crippen molar-refractivity contribution >= 4 is 11.6 Å². The second kappa shape index (κ2) is 6.38. The van der Waals surface area contributed by atoms with Gasteiger partial charge in [-0.3, -0.25) is 0 Å². The zero-order valence-corrected chi connectivity index (χ0v) is 16.0. The highest BCUT2D eigenvalue weighted by molar-refractivity contribution is 6.31. The lowest BCUT2D eigenvalue weighted by Crippen LogP contribution is -2.45. The van der Waals surface area contributed by atoms with Crippen LogP contribution in [0.15, 0.2) is 18.2 Å². The molecule has 1 aliphatic rings. The van der Waals surface area contributed by atoms with E-state index in [0.717, 1.165) is 36.3 Å². The van der Waals surface area contributed by atoms with Crippen LogP contribution in [0.1, 0.15) is 65.0 Å². The molecule has 0 saturated heterocycles. The number of aliphatic hydroxyl groups is 1. The Balaban J connectivity index is 2.26. The third kappa shape index (κ3) is 3.92. The van der Waals surface area contributed by atoms with Gasteiger partial charge in [0.2, 0.25) is 0 Å². The largest absolute Gasteiger partial charge is 0.396 e. The lowest BCUT2D eigenvalue weighted by atomic mass is 9.73. The van der Waals surface area contributed by atoms with Crippen LogP contribution in [0, 0.1) is 16.7 Å². The molecule has 0 amide bonds. The van der Waals surface area contributed by atoms with Crippen molar-refractivity contribution in [2.45, 2.75) is 65.8 Å². The fraction of sp³-hybridized carbons (Fsp3) is 0.700. The van der Waals surface area contributed by atoms with Crippen LogP contribution in [0.25, 0.3) is 0 Å². The van der Waals surface area contributed by atoms with Crippen LogP contribution in [0.5, 0.6) is 0 Å². The van der Waals surface area contributed by atoms with E-state index in [1.54, 1.807) is 0 Å². The summed E-state index contributed by atoms with van der Waals surface area (Å²) in [5, 5.41) is 10.7. The molecule has 2 nitrogen and oxygen atoms in total. The first-order valence-corrected chi connectivity index (χ1v) is 9.06. The molecule has 23 heavy (non-hydrogen) atoms. The summed E-state index contributed by atoms with van der Waals surface area (Å²) < 4.78 is 0.